The van der Waals surface area contributed by atoms with E-state index in [4.69, 9.17) is 2.74 Å². The standard InChI is InChI=1S/C7H10/c1-4-2-6-5(1)7(6)3-4/h4-7H,1-3H2/i1D,2D/t1-,2+,4?,5?,6?,7?. The largest absolute Gasteiger partial charge is 0.0470 e. The maximum absolute atomic E-state index is 7.64. The second-order valence-electron chi connectivity index (χ2n) is 3.10. The van der Waals surface area contributed by atoms with Gasteiger partial charge in [-0.1, -0.05) is 0 Å². The van der Waals surface area contributed by atoms with Crippen molar-refractivity contribution in [2.45, 2.75) is 19.2 Å². The molecule has 0 saturated heterocycles. The molecule has 0 heterocycles. The van der Waals surface area contributed by atoms with Crippen LogP contribution in [-0.2, 0) is 0 Å². The molecule has 38 valence electrons. The Labute approximate surface area is 46.7 Å². The minimum absolute atomic E-state index is 0.169. The molecule has 0 aromatic rings. The van der Waals surface area contributed by atoms with Crippen molar-refractivity contribution in [1.29, 1.82) is 0 Å². The topological polar surface area (TPSA) is 0 Å². The number of rotatable bonds is 0. The van der Waals surface area contributed by atoms with Crippen LogP contribution < -0.4 is 0 Å². The third kappa shape index (κ3) is 0.198. The molecule has 0 aliphatic heterocycles. The molecule has 0 aromatic heterocycles. The maximum atomic E-state index is 7.64. The normalized spacial score (nSPS) is 97.1. The van der Waals surface area contributed by atoms with Crippen LogP contribution in [0.3, 0.4) is 0 Å². The SMILES string of the molecule is [2H][C@@H]1C2C3CC1[C@@H]([2H])C32. The lowest BCUT2D eigenvalue weighted by Gasteiger charge is -1.91. The summed E-state index contributed by atoms with van der Waals surface area (Å²) in [5, 5.41) is 0. The summed E-state index contributed by atoms with van der Waals surface area (Å²) in [4.78, 5) is 0. The van der Waals surface area contributed by atoms with E-state index in [-0.39, 0.29) is 12.8 Å². The highest BCUT2D eigenvalue weighted by atomic mass is 14.7. The Bertz CT molecular complexity index is 148. The van der Waals surface area contributed by atoms with Crippen LogP contribution in [0.25, 0.3) is 0 Å². The number of hydrogen-bond acceptors (Lipinski definition) is 0. The lowest BCUT2D eigenvalue weighted by molar-refractivity contribution is 0.604. The first kappa shape index (κ1) is 2.08. The molecular weight excluding hydrogens is 84.1 g/mol. The van der Waals surface area contributed by atoms with E-state index in [1.165, 1.54) is 6.42 Å². The molecule has 4 aliphatic carbocycles. The van der Waals surface area contributed by atoms with Gasteiger partial charge in [0.2, 0.25) is 0 Å². The summed E-state index contributed by atoms with van der Waals surface area (Å²) >= 11 is 0. The third-order valence-electron chi connectivity index (χ3n) is 2.78. The molecule has 4 saturated carbocycles. The first-order valence-electron chi connectivity index (χ1n) is 4.30. The van der Waals surface area contributed by atoms with E-state index in [1.807, 2.05) is 0 Å². The molecule has 4 aliphatic rings. The van der Waals surface area contributed by atoms with Gasteiger partial charge in [0, 0.05) is 2.74 Å². The molecule has 7 heavy (non-hydrogen) atoms. The van der Waals surface area contributed by atoms with Crippen LogP contribution in [0.1, 0.15) is 22.0 Å². The van der Waals surface area contributed by atoms with Crippen LogP contribution in [0, 0.1) is 23.7 Å². The zero-order valence-electron chi connectivity index (χ0n) is 6.17. The second-order valence-corrected chi connectivity index (χ2v) is 3.10. The average molecular weight is 96.2 g/mol. The highest BCUT2D eigenvalue weighted by Gasteiger charge is 2.62. The Morgan fingerprint density at radius 3 is 2.00 bits per heavy atom. The van der Waals surface area contributed by atoms with Crippen molar-refractivity contribution in [2.75, 3.05) is 0 Å². The molecule has 4 fully saturated rings. The third-order valence-corrected chi connectivity index (χ3v) is 2.78. The minimum atomic E-state index is 0.169. The summed E-state index contributed by atoms with van der Waals surface area (Å²) in [6.45, 7) is 0. The van der Waals surface area contributed by atoms with Crippen molar-refractivity contribution in [2.24, 2.45) is 23.7 Å². The fourth-order valence-electron chi connectivity index (χ4n) is 2.39. The Morgan fingerprint density at radius 2 is 1.86 bits per heavy atom. The van der Waals surface area contributed by atoms with Crippen LogP contribution in [0.5, 0.6) is 0 Å². The van der Waals surface area contributed by atoms with E-state index < -0.39 is 0 Å². The van der Waals surface area contributed by atoms with Gasteiger partial charge >= 0.3 is 0 Å². The fourth-order valence-corrected chi connectivity index (χ4v) is 2.39. The first-order valence-corrected chi connectivity index (χ1v) is 3.15. The summed E-state index contributed by atoms with van der Waals surface area (Å²) in [6, 6.07) is 0. The average Bonchev–Trinajstić information content (AvgIpc) is 2.18. The molecule has 4 unspecified atom stereocenters. The van der Waals surface area contributed by atoms with Gasteiger partial charge in [-0.05, 0) is 42.9 Å². The van der Waals surface area contributed by atoms with Crippen molar-refractivity contribution < 1.29 is 2.74 Å². The molecule has 0 heteroatoms. The summed E-state index contributed by atoms with van der Waals surface area (Å²) in [6.07, 6.45) is 1.56. The summed E-state index contributed by atoms with van der Waals surface area (Å²) in [7, 11) is 0. The lowest BCUT2D eigenvalue weighted by Crippen LogP contribution is -1.79. The van der Waals surface area contributed by atoms with Gasteiger partial charge in [0.1, 0.15) is 0 Å². The van der Waals surface area contributed by atoms with E-state index in [2.05, 4.69) is 0 Å². The maximum Gasteiger partial charge on any atom is 0.0272 e. The summed E-state index contributed by atoms with van der Waals surface area (Å²) < 4.78 is 15.3. The van der Waals surface area contributed by atoms with Crippen molar-refractivity contribution >= 4 is 0 Å². The van der Waals surface area contributed by atoms with E-state index in [1.54, 1.807) is 0 Å². The highest BCUT2D eigenvalue weighted by molar-refractivity contribution is 5.11. The Morgan fingerprint density at radius 1 is 1.14 bits per heavy atom. The molecule has 0 aromatic carbocycles. The predicted octanol–water partition coefficient (Wildman–Crippen LogP) is 1.66. The van der Waals surface area contributed by atoms with Crippen molar-refractivity contribution in [3.05, 3.63) is 0 Å². The van der Waals surface area contributed by atoms with Gasteiger partial charge in [-0.2, -0.15) is 0 Å². The van der Waals surface area contributed by atoms with Crippen molar-refractivity contribution in [3.8, 4) is 0 Å². The molecule has 4 bridgehead atoms. The monoisotopic (exact) mass is 96.1 g/mol. The highest BCUT2D eigenvalue weighted by Crippen LogP contribution is 2.70. The van der Waals surface area contributed by atoms with E-state index in [0.717, 1.165) is 5.92 Å². The van der Waals surface area contributed by atoms with Gasteiger partial charge in [0.25, 0.3) is 0 Å². The molecular formula is C7H10. The van der Waals surface area contributed by atoms with Gasteiger partial charge in [-0.15, -0.1) is 0 Å². The first-order chi connectivity index (χ1) is 4.30. The minimum Gasteiger partial charge on any atom is -0.0470 e. The Kier molecular flexibility index (Phi) is 0.198. The van der Waals surface area contributed by atoms with E-state index in [9.17, 15) is 0 Å². The molecule has 0 spiro atoms. The van der Waals surface area contributed by atoms with E-state index in [0.29, 0.717) is 17.8 Å². The van der Waals surface area contributed by atoms with Crippen LogP contribution in [0.2, 0.25) is 0 Å². The number of hydrogen-bond donors (Lipinski definition) is 0. The zero-order chi connectivity index (χ0) is 6.17. The predicted molar refractivity (Wildman–Crippen MR) is 27.8 cm³/mol. The van der Waals surface area contributed by atoms with Gasteiger partial charge < -0.3 is 0 Å². The fraction of sp³-hybridized carbons (Fsp3) is 1.00. The van der Waals surface area contributed by atoms with Crippen LogP contribution in [0.15, 0.2) is 0 Å². The molecule has 0 N–H and O–H groups in total. The van der Waals surface area contributed by atoms with Crippen LogP contribution in [0.4, 0.5) is 0 Å². The molecule has 4 rings (SSSR count). The molecule has 0 amide bonds. The molecule has 0 radical (unpaired) electrons. The molecule has 6 atom stereocenters. The Hall–Kier alpha value is 0. The summed E-state index contributed by atoms with van der Waals surface area (Å²) in [5.74, 6) is 2.67. The van der Waals surface area contributed by atoms with Crippen molar-refractivity contribution in [3.63, 3.8) is 0 Å². The lowest BCUT2D eigenvalue weighted by atomic mass is 10.1. The zero-order valence-corrected chi connectivity index (χ0v) is 4.17. The Balaban J connectivity index is 2.07. The van der Waals surface area contributed by atoms with Crippen LogP contribution >= 0.6 is 0 Å². The summed E-state index contributed by atoms with van der Waals surface area (Å²) in [5.41, 5.74) is 0. The quantitative estimate of drug-likeness (QED) is 0.430. The van der Waals surface area contributed by atoms with Gasteiger partial charge in [0.15, 0.2) is 0 Å². The second kappa shape index (κ2) is 0.667. The van der Waals surface area contributed by atoms with E-state index >= 15 is 0 Å². The smallest absolute Gasteiger partial charge is 0.0272 e. The van der Waals surface area contributed by atoms with Gasteiger partial charge in [0.05, 0.1) is 0 Å². The van der Waals surface area contributed by atoms with Crippen molar-refractivity contribution in [1.82, 2.24) is 0 Å². The van der Waals surface area contributed by atoms with Gasteiger partial charge in [-0.3, -0.25) is 0 Å². The van der Waals surface area contributed by atoms with Crippen LogP contribution in [-0.4, -0.2) is 0 Å². The molecule has 0 nitrogen and oxygen atoms in total. The van der Waals surface area contributed by atoms with Gasteiger partial charge in [-0.25, -0.2) is 0 Å².